The summed E-state index contributed by atoms with van der Waals surface area (Å²) in [4.78, 5) is 22.4. The minimum atomic E-state index is -3.63. The van der Waals surface area contributed by atoms with Gasteiger partial charge in [-0.2, -0.15) is 9.40 Å². The average molecular weight is 656 g/mol. The Hall–Kier alpha value is -3.00. The third-order valence-electron chi connectivity index (χ3n) is 9.77. The molecule has 11 nitrogen and oxygen atoms in total. The van der Waals surface area contributed by atoms with E-state index in [0.29, 0.717) is 60.9 Å². The van der Waals surface area contributed by atoms with E-state index in [9.17, 15) is 13.2 Å². The molecule has 1 aliphatic carbocycles. The van der Waals surface area contributed by atoms with E-state index in [1.165, 1.54) is 55.2 Å². The monoisotopic (exact) mass is 655 g/mol. The fraction of sp³-hybridized carbons (Fsp3) is 0.594. The van der Waals surface area contributed by atoms with E-state index in [-0.39, 0.29) is 12.1 Å². The molecule has 4 heterocycles. The van der Waals surface area contributed by atoms with Crippen molar-refractivity contribution in [3.05, 3.63) is 41.0 Å². The van der Waals surface area contributed by atoms with Crippen molar-refractivity contribution in [3.8, 4) is 17.0 Å². The van der Waals surface area contributed by atoms with E-state index in [4.69, 9.17) is 9.72 Å². The van der Waals surface area contributed by atoms with Gasteiger partial charge in [-0.15, -0.1) is 11.3 Å². The second kappa shape index (κ2) is 13.8. The molecule has 244 valence electrons. The van der Waals surface area contributed by atoms with Gasteiger partial charge in [0.1, 0.15) is 10.6 Å². The third kappa shape index (κ3) is 6.91. The number of piperidine rings is 1. The Morgan fingerprint density at radius 1 is 1.04 bits per heavy atom. The van der Waals surface area contributed by atoms with Crippen LogP contribution in [0.4, 0.5) is 9.93 Å². The molecule has 3 fully saturated rings. The first-order chi connectivity index (χ1) is 21.7. The molecule has 1 aromatic carbocycles. The van der Waals surface area contributed by atoms with Crippen LogP contribution in [0.1, 0.15) is 68.5 Å². The Labute approximate surface area is 270 Å². The number of hydrogen-bond donors (Lipinski definition) is 1. The number of amides is 2. The van der Waals surface area contributed by atoms with Gasteiger partial charge in [-0.1, -0.05) is 31.7 Å². The van der Waals surface area contributed by atoms with Gasteiger partial charge in [-0.3, -0.25) is 14.9 Å². The molecule has 6 rings (SSSR count). The van der Waals surface area contributed by atoms with E-state index in [1.54, 1.807) is 30.1 Å². The van der Waals surface area contributed by atoms with Crippen LogP contribution in [0.3, 0.4) is 0 Å². The summed E-state index contributed by atoms with van der Waals surface area (Å²) >= 11 is 1.42. The van der Waals surface area contributed by atoms with Crippen LogP contribution < -0.4 is 10.1 Å². The van der Waals surface area contributed by atoms with E-state index in [1.807, 2.05) is 16.3 Å². The normalized spacial score (nSPS) is 20.8. The lowest BCUT2D eigenvalue weighted by Crippen LogP contribution is -2.55. The number of thiazole rings is 1. The molecule has 2 aromatic heterocycles. The van der Waals surface area contributed by atoms with Gasteiger partial charge in [0.05, 0.1) is 24.7 Å². The maximum absolute atomic E-state index is 13.6. The number of aromatic nitrogens is 3. The van der Waals surface area contributed by atoms with Crippen molar-refractivity contribution < 1.29 is 17.9 Å². The highest BCUT2D eigenvalue weighted by Gasteiger charge is 2.37. The van der Waals surface area contributed by atoms with Gasteiger partial charge in [0, 0.05) is 63.3 Å². The SMILES string of the molecule is COc1ccc(C2CCCCC2)cc1-c1csc(NC(=O)N2CCN(CC3CCCCN3S(=O)(=O)c3cnn(C)c3C)CC2)n1. The third-order valence-corrected chi connectivity index (χ3v) is 12.6. The number of nitrogens with one attached hydrogen (secondary N) is 1. The fourth-order valence-corrected chi connectivity index (χ4v) is 9.58. The summed E-state index contributed by atoms with van der Waals surface area (Å²) < 4.78 is 36.1. The number of urea groups is 1. The van der Waals surface area contributed by atoms with Gasteiger partial charge in [0.2, 0.25) is 10.0 Å². The van der Waals surface area contributed by atoms with Crippen molar-refractivity contribution in [1.29, 1.82) is 0 Å². The molecule has 2 aliphatic heterocycles. The van der Waals surface area contributed by atoms with Crippen molar-refractivity contribution >= 4 is 32.5 Å². The number of rotatable bonds is 8. The number of benzene rings is 1. The molecule has 13 heteroatoms. The second-order valence-electron chi connectivity index (χ2n) is 12.5. The van der Waals surface area contributed by atoms with Crippen molar-refractivity contribution in [2.75, 3.05) is 51.7 Å². The molecule has 2 saturated heterocycles. The zero-order valence-electron chi connectivity index (χ0n) is 26.6. The van der Waals surface area contributed by atoms with E-state index in [0.717, 1.165) is 36.3 Å². The number of sulfonamides is 1. The quantitative estimate of drug-likeness (QED) is 0.351. The summed E-state index contributed by atoms with van der Waals surface area (Å²) in [5.74, 6) is 1.37. The molecule has 3 aliphatic rings. The lowest BCUT2D eigenvalue weighted by atomic mass is 9.83. The molecular weight excluding hydrogens is 611 g/mol. The summed E-state index contributed by atoms with van der Waals surface area (Å²) in [5.41, 5.74) is 3.76. The second-order valence-corrected chi connectivity index (χ2v) is 15.3. The Bertz CT molecular complexity index is 1590. The van der Waals surface area contributed by atoms with Crippen molar-refractivity contribution in [3.63, 3.8) is 0 Å². The maximum atomic E-state index is 13.6. The highest BCUT2D eigenvalue weighted by molar-refractivity contribution is 7.89. The number of anilines is 1. The van der Waals surface area contributed by atoms with Crippen molar-refractivity contribution in [1.82, 2.24) is 28.9 Å². The van der Waals surface area contributed by atoms with Gasteiger partial charge < -0.3 is 9.64 Å². The van der Waals surface area contributed by atoms with Crippen LogP contribution in [0.2, 0.25) is 0 Å². The predicted octanol–water partition coefficient (Wildman–Crippen LogP) is 5.30. The van der Waals surface area contributed by atoms with E-state index >= 15 is 0 Å². The number of nitrogens with zero attached hydrogens (tertiary/aromatic N) is 6. The number of carbonyl (C=O) groups excluding carboxylic acids is 1. The molecule has 45 heavy (non-hydrogen) atoms. The standard InChI is InChI=1S/C32H45N7O4S2/c1-23-30(20-33-36(23)2)45(41,42)39-14-8-7-11-26(39)21-37-15-17-38(18-16-37)32(40)35-31-34-28(22-44-31)27-19-25(12-13-29(27)43-3)24-9-5-4-6-10-24/h12-13,19-20,22,24,26H,4-11,14-18,21H2,1-3H3,(H,34,35,40). The Morgan fingerprint density at radius 2 is 1.80 bits per heavy atom. The lowest BCUT2D eigenvalue weighted by Gasteiger charge is -2.40. The number of ether oxygens (including phenoxy) is 1. The average Bonchev–Trinajstić information content (AvgIpc) is 3.67. The van der Waals surface area contributed by atoms with Gasteiger partial charge in [-0.25, -0.2) is 18.2 Å². The molecule has 3 aromatic rings. The maximum Gasteiger partial charge on any atom is 0.323 e. The molecule has 1 unspecified atom stereocenters. The van der Waals surface area contributed by atoms with Crippen LogP contribution in [0.25, 0.3) is 11.3 Å². The van der Waals surface area contributed by atoms with Gasteiger partial charge >= 0.3 is 6.03 Å². The summed E-state index contributed by atoms with van der Waals surface area (Å²) in [7, 11) is -0.183. The highest BCUT2D eigenvalue weighted by Crippen LogP contribution is 2.39. The van der Waals surface area contributed by atoms with Crippen LogP contribution in [-0.4, -0.2) is 95.7 Å². The van der Waals surface area contributed by atoms with Gasteiger partial charge in [0.15, 0.2) is 5.13 Å². The highest BCUT2D eigenvalue weighted by atomic mass is 32.2. The molecule has 0 spiro atoms. The minimum absolute atomic E-state index is 0.0916. The topological polar surface area (TPSA) is 113 Å². The number of hydrogen-bond acceptors (Lipinski definition) is 8. The molecule has 1 saturated carbocycles. The van der Waals surface area contributed by atoms with E-state index in [2.05, 4.69) is 27.4 Å². The van der Waals surface area contributed by atoms with Gasteiger partial charge in [-0.05, 0) is 56.2 Å². The number of piperazine rings is 1. The molecule has 0 bridgehead atoms. The van der Waals surface area contributed by atoms with Crippen LogP contribution >= 0.6 is 11.3 Å². The summed E-state index contributed by atoms with van der Waals surface area (Å²) in [6, 6.07) is 6.18. The predicted molar refractivity (Wildman–Crippen MR) is 176 cm³/mol. The first-order valence-corrected chi connectivity index (χ1v) is 18.5. The zero-order chi connectivity index (χ0) is 31.6. The Balaban J connectivity index is 1.05. The van der Waals surface area contributed by atoms with E-state index < -0.39 is 10.0 Å². The fourth-order valence-electron chi connectivity index (χ4n) is 7.00. The van der Waals surface area contributed by atoms with Crippen LogP contribution in [-0.2, 0) is 17.1 Å². The number of aryl methyl sites for hydroxylation is 1. The van der Waals surface area contributed by atoms with Crippen molar-refractivity contribution in [2.24, 2.45) is 7.05 Å². The molecule has 1 atom stereocenters. The summed E-state index contributed by atoms with van der Waals surface area (Å²) in [5, 5.41) is 9.72. The first-order valence-electron chi connectivity index (χ1n) is 16.2. The summed E-state index contributed by atoms with van der Waals surface area (Å²) in [6.45, 7) is 5.50. The largest absolute Gasteiger partial charge is 0.496 e. The Morgan fingerprint density at radius 3 is 2.51 bits per heavy atom. The van der Waals surface area contributed by atoms with Crippen LogP contribution in [0.5, 0.6) is 5.75 Å². The lowest BCUT2D eigenvalue weighted by molar-refractivity contribution is 0.116. The van der Waals surface area contributed by atoms with Crippen LogP contribution in [0.15, 0.2) is 34.7 Å². The Kier molecular flexibility index (Phi) is 9.79. The first kappa shape index (κ1) is 32.0. The minimum Gasteiger partial charge on any atom is -0.496 e. The zero-order valence-corrected chi connectivity index (χ0v) is 28.2. The number of methoxy groups -OCH3 is 1. The molecule has 2 amide bonds. The molecule has 1 N–H and O–H groups in total. The molecule has 0 radical (unpaired) electrons. The smallest absolute Gasteiger partial charge is 0.323 e. The van der Waals surface area contributed by atoms with Gasteiger partial charge in [0.25, 0.3) is 0 Å². The number of carbonyl (C=O) groups is 1. The van der Waals surface area contributed by atoms with Crippen molar-refractivity contribution in [2.45, 2.75) is 75.1 Å². The molecular formula is C32H45N7O4S2. The summed E-state index contributed by atoms with van der Waals surface area (Å²) in [6.07, 6.45) is 10.5. The van der Waals surface area contributed by atoms with Crippen LogP contribution in [0, 0.1) is 6.92 Å².